The van der Waals surface area contributed by atoms with Gasteiger partial charge >= 0.3 is 5.97 Å². The molecule has 2 rings (SSSR count). The van der Waals surface area contributed by atoms with Crippen LogP contribution < -0.4 is 4.74 Å². The Morgan fingerprint density at radius 2 is 1.62 bits per heavy atom. The maximum absolute atomic E-state index is 12.5. The van der Waals surface area contributed by atoms with E-state index in [-0.39, 0.29) is 19.0 Å². The van der Waals surface area contributed by atoms with E-state index < -0.39 is 5.97 Å². The van der Waals surface area contributed by atoms with E-state index in [2.05, 4.69) is 0 Å². The third kappa shape index (κ3) is 4.48. The molecule has 0 N–H and O–H groups in total. The highest BCUT2D eigenvalue weighted by Gasteiger charge is 2.17. The van der Waals surface area contributed by atoms with Gasteiger partial charge in [0.15, 0.2) is 13.2 Å². The molecule has 0 fully saturated rings. The number of nitrogens with zero attached hydrogens (tertiary/aromatic N) is 1. The van der Waals surface area contributed by atoms with E-state index in [0.717, 1.165) is 22.3 Å². The first-order valence-corrected chi connectivity index (χ1v) is 8.22. The predicted molar refractivity (Wildman–Crippen MR) is 97.3 cm³/mol. The van der Waals surface area contributed by atoms with Crippen LogP contribution in [0.2, 0.25) is 0 Å². The van der Waals surface area contributed by atoms with E-state index in [4.69, 9.17) is 14.7 Å². The average Bonchev–Trinajstić information content (AvgIpc) is 2.63. The molecule has 0 unspecified atom stereocenters. The number of rotatable bonds is 6. The van der Waals surface area contributed by atoms with E-state index >= 15 is 0 Å². The van der Waals surface area contributed by atoms with Crippen molar-refractivity contribution in [2.45, 2.75) is 27.7 Å². The Hall–Kier alpha value is -3.13. The molecule has 26 heavy (non-hydrogen) atoms. The van der Waals surface area contributed by atoms with Gasteiger partial charge in [-0.2, -0.15) is 5.26 Å². The zero-order chi connectivity index (χ0) is 19.3. The highest BCUT2D eigenvalue weighted by molar-refractivity contribution is 6.01. The zero-order valence-corrected chi connectivity index (χ0v) is 15.4. The Kier molecular flexibility index (Phi) is 6.13. The molecule has 0 spiro atoms. The molecule has 0 radical (unpaired) electrons. The lowest BCUT2D eigenvalue weighted by Crippen LogP contribution is -2.20. The van der Waals surface area contributed by atoms with Gasteiger partial charge in [-0.05, 0) is 74.2 Å². The lowest BCUT2D eigenvalue weighted by Gasteiger charge is -2.14. The van der Waals surface area contributed by atoms with Gasteiger partial charge in [0, 0.05) is 5.56 Å². The molecular formula is C21H21NO4. The molecule has 0 aliphatic carbocycles. The highest BCUT2D eigenvalue weighted by Crippen LogP contribution is 2.22. The van der Waals surface area contributed by atoms with Crippen molar-refractivity contribution in [1.29, 1.82) is 5.26 Å². The van der Waals surface area contributed by atoms with Crippen LogP contribution in [0, 0.1) is 39.0 Å². The second-order valence-electron chi connectivity index (χ2n) is 6.14. The van der Waals surface area contributed by atoms with Gasteiger partial charge in [0.2, 0.25) is 5.78 Å². The summed E-state index contributed by atoms with van der Waals surface area (Å²) >= 11 is 0. The van der Waals surface area contributed by atoms with Crippen molar-refractivity contribution in [1.82, 2.24) is 0 Å². The largest absolute Gasteiger partial charge is 0.482 e. The summed E-state index contributed by atoms with van der Waals surface area (Å²) in [6.07, 6.45) is 0. The van der Waals surface area contributed by atoms with E-state index in [1.165, 1.54) is 0 Å². The molecule has 0 saturated carbocycles. The van der Waals surface area contributed by atoms with Crippen LogP contribution in [0.3, 0.4) is 0 Å². The first kappa shape index (κ1) is 19.2. The Bertz CT molecular complexity index is 876. The predicted octanol–water partition coefficient (Wildman–Crippen LogP) is 3.60. The normalized spacial score (nSPS) is 10.1. The van der Waals surface area contributed by atoms with Gasteiger partial charge in [-0.1, -0.05) is 6.07 Å². The number of Topliss-reactive ketones (excluding diaryl/α,β-unsaturated/α-hetero) is 1. The molecule has 0 amide bonds. The quantitative estimate of drug-likeness (QED) is 0.587. The van der Waals surface area contributed by atoms with Gasteiger partial charge in [-0.25, -0.2) is 4.79 Å². The zero-order valence-electron chi connectivity index (χ0n) is 15.4. The number of aryl methyl sites for hydroxylation is 2. The third-order valence-corrected chi connectivity index (χ3v) is 4.34. The van der Waals surface area contributed by atoms with Gasteiger partial charge in [0.05, 0.1) is 11.6 Å². The molecule has 0 aromatic heterocycles. The third-order valence-electron chi connectivity index (χ3n) is 4.34. The summed E-state index contributed by atoms with van der Waals surface area (Å²) in [5, 5.41) is 8.74. The van der Waals surface area contributed by atoms with Crippen LogP contribution >= 0.6 is 0 Å². The van der Waals surface area contributed by atoms with Crippen LogP contribution in [-0.4, -0.2) is 25.0 Å². The van der Waals surface area contributed by atoms with Gasteiger partial charge in [0.25, 0.3) is 0 Å². The SMILES string of the molecule is Cc1cc(C)c(C(=O)COC(=O)COc2ccc(C#N)cc2)c(C)c1C. The summed E-state index contributed by atoms with van der Waals surface area (Å²) in [6.45, 7) is 7.13. The Balaban J connectivity index is 1.92. The lowest BCUT2D eigenvalue weighted by molar-refractivity contribution is -0.144. The lowest BCUT2D eigenvalue weighted by atomic mass is 9.92. The number of hydrogen-bond acceptors (Lipinski definition) is 5. The smallest absolute Gasteiger partial charge is 0.344 e. The summed E-state index contributed by atoms with van der Waals surface area (Å²) in [6, 6.07) is 10.3. The minimum Gasteiger partial charge on any atom is -0.482 e. The summed E-state index contributed by atoms with van der Waals surface area (Å²) in [4.78, 5) is 24.3. The fourth-order valence-electron chi connectivity index (χ4n) is 2.74. The van der Waals surface area contributed by atoms with Crippen LogP contribution in [-0.2, 0) is 9.53 Å². The number of carbonyl (C=O) groups is 2. The summed E-state index contributed by atoms with van der Waals surface area (Å²) in [5.74, 6) is -0.398. The van der Waals surface area contributed by atoms with Crippen LogP contribution in [0.15, 0.2) is 30.3 Å². The second kappa shape index (κ2) is 8.30. The molecule has 5 nitrogen and oxygen atoms in total. The maximum atomic E-state index is 12.5. The Morgan fingerprint density at radius 3 is 2.23 bits per heavy atom. The number of ether oxygens (including phenoxy) is 2. The summed E-state index contributed by atoms with van der Waals surface area (Å²) in [5.41, 5.74) is 5.09. The molecule has 0 saturated heterocycles. The molecule has 0 heterocycles. The van der Waals surface area contributed by atoms with Gasteiger partial charge in [-0.15, -0.1) is 0 Å². The fourth-order valence-corrected chi connectivity index (χ4v) is 2.74. The average molecular weight is 351 g/mol. The number of ketones is 1. The van der Waals surface area contributed by atoms with Gasteiger partial charge < -0.3 is 9.47 Å². The molecule has 2 aromatic carbocycles. The van der Waals surface area contributed by atoms with E-state index in [9.17, 15) is 9.59 Å². The van der Waals surface area contributed by atoms with Crippen molar-refractivity contribution in [3.8, 4) is 11.8 Å². The number of esters is 1. The van der Waals surface area contributed by atoms with Crippen molar-refractivity contribution in [2.24, 2.45) is 0 Å². The van der Waals surface area contributed by atoms with Crippen LogP contribution in [0.25, 0.3) is 0 Å². The first-order chi connectivity index (χ1) is 12.3. The van der Waals surface area contributed by atoms with Gasteiger partial charge in [-0.3, -0.25) is 4.79 Å². The molecular weight excluding hydrogens is 330 g/mol. The van der Waals surface area contributed by atoms with Crippen molar-refractivity contribution in [2.75, 3.05) is 13.2 Å². The minimum atomic E-state index is -0.623. The fraction of sp³-hybridized carbons (Fsp3) is 0.286. The molecule has 134 valence electrons. The molecule has 0 atom stereocenters. The Labute approximate surface area is 153 Å². The number of nitriles is 1. The monoisotopic (exact) mass is 351 g/mol. The topological polar surface area (TPSA) is 76.4 Å². The molecule has 0 aliphatic rings. The number of hydrogen-bond donors (Lipinski definition) is 0. The highest BCUT2D eigenvalue weighted by atomic mass is 16.6. The van der Waals surface area contributed by atoms with Crippen molar-refractivity contribution < 1.29 is 19.1 Å². The van der Waals surface area contributed by atoms with Crippen molar-refractivity contribution in [3.05, 3.63) is 63.7 Å². The summed E-state index contributed by atoms with van der Waals surface area (Å²) < 4.78 is 10.3. The number of benzene rings is 2. The maximum Gasteiger partial charge on any atom is 0.344 e. The second-order valence-corrected chi connectivity index (χ2v) is 6.14. The van der Waals surface area contributed by atoms with E-state index in [1.54, 1.807) is 24.3 Å². The van der Waals surface area contributed by atoms with Crippen molar-refractivity contribution >= 4 is 11.8 Å². The van der Waals surface area contributed by atoms with E-state index in [0.29, 0.717) is 16.9 Å². The van der Waals surface area contributed by atoms with E-state index in [1.807, 2.05) is 39.8 Å². The van der Waals surface area contributed by atoms with Crippen LogP contribution in [0.5, 0.6) is 5.75 Å². The molecule has 0 aliphatic heterocycles. The van der Waals surface area contributed by atoms with Crippen LogP contribution in [0.4, 0.5) is 0 Å². The minimum absolute atomic E-state index is 0.227. The standard InChI is InChI=1S/C21H21NO4/c1-13-9-14(2)21(16(4)15(13)3)19(23)11-26-20(24)12-25-18-7-5-17(10-22)6-8-18/h5-9H,11-12H2,1-4H3. The van der Waals surface area contributed by atoms with Crippen molar-refractivity contribution in [3.63, 3.8) is 0 Å². The molecule has 0 bridgehead atoms. The van der Waals surface area contributed by atoms with Crippen LogP contribution in [0.1, 0.15) is 38.2 Å². The van der Waals surface area contributed by atoms with Gasteiger partial charge in [0.1, 0.15) is 5.75 Å². The first-order valence-electron chi connectivity index (χ1n) is 8.22. The molecule has 2 aromatic rings. The number of carbonyl (C=O) groups excluding carboxylic acids is 2. The Morgan fingerprint density at radius 1 is 0.962 bits per heavy atom. The molecule has 5 heteroatoms. The summed E-state index contributed by atoms with van der Waals surface area (Å²) in [7, 11) is 0.